The van der Waals surface area contributed by atoms with E-state index in [0.717, 1.165) is 31.6 Å². The van der Waals surface area contributed by atoms with Gasteiger partial charge in [0.2, 0.25) is 0 Å². The largest absolute Gasteiger partial charge is 0.469 e. The fraction of sp³-hybridized carbons (Fsp3) is 0.588. The highest BCUT2D eigenvalue weighted by atomic mass is 16.5. The van der Waals surface area contributed by atoms with Gasteiger partial charge in [0.05, 0.1) is 19.1 Å². The van der Waals surface area contributed by atoms with Crippen molar-refractivity contribution in [3.05, 3.63) is 35.9 Å². The molecule has 0 radical (unpaired) electrons. The fourth-order valence-electron chi connectivity index (χ4n) is 2.08. The maximum atomic E-state index is 11.9. The van der Waals surface area contributed by atoms with Crippen LogP contribution < -0.4 is 5.32 Å². The summed E-state index contributed by atoms with van der Waals surface area (Å²) < 4.78 is 10.4. The molecule has 21 heavy (non-hydrogen) atoms. The van der Waals surface area contributed by atoms with E-state index in [1.165, 1.54) is 7.11 Å². The van der Waals surface area contributed by atoms with Crippen molar-refractivity contribution in [1.82, 2.24) is 5.32 Å². The number of hydrogen-bond acceptors (Lipinski definition) is 4. The third-order valence-electron chi connectivity index (χ3n) is 3.24. The smallest absolute Gasteiger partial charge is 0.314 e. The Labute approximate surface area is 127 Å². The van der Waals surface area contributed by atoms with E-state index in [-0.39, 0.29) is 11.9 Å². The van der Waals surface area contributed by atoms with Crippen molar-refractivity contribution >= 4 is 5.97 Å². The van der Waals surface area contributed by atoms with Crippen LogP contribution in [0.15, 0.2) is 30.3 Å². The molecule has 118 valence electrons. The van der Waals surface area contributed by atoms with Crippen molar-refractivity contribution in [2.24, 2.45) is 0 Å². The van der Waals surface area contributed by atoms with Gasteiger partial charge in [0.1, 0.15) is 0 Å². The highest BCUT2D eigenvalue weighted by Crippen LogP contribution is 2.16. The Morgan fingerprint density at radius 3 is 2.52 bits per heavy atom. The molecule has 0 spiro atoms. The molecule has 4 heteroatoms. The molecule has 1 rings (SSSR count). The predicted molar refractivity (Wildman–Crippen MR) is 84.4 cm³/mol. The Kier molecular flexibility index (Phi) is 8.71. The normalized spacial score (nSPS) is 12.4. The topological polar surface area (TPSA) is 47.6 Å². The van der Waals surface area contributed by atoms with Crippen LogP contribution in [0.1, 0.15) is 38.2 Å². The minimum Gasteiger partial charge on any atom is -0.469 e. The first-order chi connectivity index (χ1) is 10.1. The van der Waals surface area contributed by atoms with E-state index in [1.54, 1.807) is 0 Å². The van der Waals surface area contributed by atoms with Crippen LogP contribution in [0.4, 0.5) is 0 Å². The molecule has 1 aromatic rings. The molecular formula is C17H27NO3. The third kappa shape index (κ3) is 7.25. The molecule has 1 N–H and O–H groups in total. The molecule has 0 heterocycles. The molecule has 0 aromatic heterocycles. The summed E-state index contributed by atoms with van der Waals surface area (Å²) in [5.74, 6) is -0.444. The number of rotatable bonds is 10. The Hall–Kier alpha value is -1.39. The van der Waals surface area contributed by atoms with Gasteiger partial charge in [0.25, 0.3) is 0 Å². The molecule has 0 amide bonds. The molecule has 0 aliphatic heterocycles. The number of nitrogens with one attached hydrogen (secondary N) is 1. The van der Waals surface area contributed by atoms with Crippen LogP contribution >= 0.6 is 0 Å². The lowest BCUT2D eigenvalue weighted by Crippen LogP contribution is -2.28. The highest BCUT2D eigenvalue weighted by Gasteiger charge is 2.20. The molecule has 0 aliphatic carbocycles. The van der Waals surface area contributed by atoms with Gasteiger partial charge < -0.3 is 14.8 Å². The van der Waals surface area contributed by atoms with E-state index in [2.05, 4.69) is 5.32 Å². The number of carbonyl (C=O) groups excluding carboxylic acids is 1. The summed E-state index contributed by atoms with van der Waals surface area (Å²) in [5.41, 5.74) is 0.986. The zero-order valence-electron chi connectivity index (χ0n) is 13.3. The van der Waals surface area contributed by atoms with Gasteiger partial charge in [-0.3, -0.25) is 4.79 Å². The number of methoxy groups -OCH3 is 1. The maximum absolute atomic E-state index is 11.9. The average Bonchev–Trinajstić information content (AvgIpc) is 2.50. The molecule has 0 fully saturated rings. The summed E-state index contributed by atoms with van der Waals surface area (Å²) in [6, 6.07) is 9.74. The predicted octanol–water partition coefficient (Wildman–Crippen LogP) is 2.74. The summed E-state index contributed by atoms with van der Waals surface area (Å²) >= 11 is 0. The highest BCUT2D eigenvalue weighted by molar-refractivity contribution is 5.78. The van der Waals surface area contributed by atoms with Crippen molar-refractivity contribution in [3.63, 3.8) is 0 Å². The van der Waals surface area contributed by atoms with E-state index < -0.39 is 0 Å². The molecule has 1 aromatic carbocycles. The zero-order valence-corrected chi connectivity index (χ0v) is 13.3. The van der Waals surface area contributed by atoms with E-state index in [9.17, 15) is 4.79 Å². The Morgan fingerprint density at radius 1 is 1.19 bits per heavy atom. The monoisotopic (exact) mass is 293 g/mol. The maximum Gasteiger partial charge on any atom is 0.314 e. The SMILES string of the molecule is COC(=O)C(CNCCCCOC(C)C)c1ccccc1. The molecule has 1 atom stereocenters. The van der Waals surface area contributed by atoms with Crippen LogP contribution in [0, 0.1) is 0 Å². The van der Waals surface area contributed by atoms with E-state index in [1.807, 2.05) is 44.2 Å². The average molecular weight is 293 g/mol. The Bertz CT molecular complexity index is 392. The molecule has 0 saturated heterocycles. The molecule has 0 bridgehead atoms. The van der Waals surface area contributed by atoms with Gasteiger partial charge in [-0.15, -0.1) is 0 Å². The van der Waals surface area contributed by atoms with Gasteiger partial charge in [-0.25, -0.2) is 0 Å². The first kappa shape index (κ1) is 17.7. The van der Waals surface area contributed by atoms with Crippen LogP contribution in [0.2, 0.25) is 0 Å². The minimum absolute atomic E-state index is 0.197. The van der Waals surface area contributed by atoms with Crippen LogP contribution in [-0.2, 0) is 14.3 Å². The van der Waals surface area contributed by atoms with Gasteiger partial charge in [-0.05, 0) is 38.8 Å². The molecule has 0 aliphatic rings. The van der Waals surface area contributed by atoms with Gasteiger partial charge >= 0.3 is 5.97 Å². The second-order valence-corrected chi connectivity index (χ2v) is 5.32. The quantitative estimate of drug-likeness (QED) is 0.532. The van der Waals surface area contributed by atoms with E-state index in [0.29, 0.717) is 12.6 Å². The van der Waals surface area contributed by atoms with E-state index >= 15 is 0 Å². The first-order valence-electron chi connectivity index (χ1n) is 7.60. The number of benzene rings is 1. The molecule has 4 nitrogen and oxygen atoms in total. The van der Waals surface area contributed by atoms with Crippen LogP contribution in [-0.4, -0.2) is 38.9 Å². The lowest BCUT2D eigenvalue weighted by Gasteiger charge is -2.16. The summed E-state index contributed by atoms with van der Waals surface area (Å²) in [6.45, 7) is 6.35. The van der Waals surface area contributed by atoms with Gasteiger partial charge in [-0.2, -0.15) is 0 Å². The molecular weight excluding hydrogens is 266 g/mol. The van der Waals surface area contributed by atoms with Crippen molar-refractivity contribution in [2.45, 2.75) is 38.7 Å². The zero-order chi connectivity index (χ0) is 15.5. The van der Waals surface area contributed by atoms with E-state index in [4.69, 9.17) is 9.47 Å². The number of ether oxygens (including phenoxy) is 2. The second-order valence-electron chi connectivity index (χ2n) is 5.32. The number of unbranched alkanes of at least 4 members (excludes halogenated alkanes) is 1. The summed E-state index contributed by atoms with van der Waals surface area (Å²) in [6.07, 6.45) is 2.36. The second kappa shape index (κ2) is 10.4. The molecule has 1 unspecified atom stereocenters. The Balaban J connectivity index is 2.30. The Morgan fingerprint density at radius 2 is 1.90 bits per heavy atom. The summed E-state index contributed by atoms with van der Waals surface area (Å²) in [7, 11) is 1.43. The lowest BCUT2D eigenvalue weighted by molar-refractivity contribution is -0.142. The van der Waals surface area contributed by atoms with Gasteiger partial charge in [0, 0.05) is 13.2 Å². The van der Waals surface area contributed by atoms with Crippen LogP contribution in [0.25, 0.3) is 0 Å². The first-order valence-corrected chi connectivity index (χ1v) is 7.60. The lowest BCUT2D eigenvalue weighted by atomic mass is 9.99. The molecule has 0 saturated carbocycles. The number of carbonyl (C=O) groups is 1. The van der Waals surface area contributed by atoms with Crippen LogP contribution in [0.3, 0.4) is 0 Å². The van der Waals surface area contributed by atoms with Crippen molar-refractivity contribution in [2.75, 3.05) is 26.8 Å². The fourth-order valence-corrected chi connectivity index (χ4v) is 2.08. The third-order valence-corrected chi connectivity index (χ3v) is 3.24. The number of hydrogen-bond donors (Lipinski definition) is 1. The standard InChI is InChI=1S/C17H27NO3/c1-14(2)21-12-8-7-11-18-13-16(17(19)20-3)15-9-5-4-6-10-15/h4-6,9-10,14,16,18H,7-8,11-13H2,1-3H3. The van der Waals surface area contributed by atoms with Crippen molar-refractivity contribution in [1.29, 1.82) is 0 Å². The summed E-state index contributed by atoms with van der Waals surface area (Å²) in [5, 5.41) is 3.33. The van der Waals surface area contributed by atoms with Crippen LogP contribution in [0.5, 0.6) is 0 Å². The van der Waals surface area contributed by atoms with Gasteiger partial charge in [-0.1, -0.05) is 30.3 Å². The number of esters is 1. The van der Waals surface area contributed by atoms with Gasteiger partial charge in [0.15, 0.2) is 0 Å². The van der Waals surface area contributed by atoms with Crippen molar-refractivity contribution < 1.29 is 14.3 Å². The summed E-state index contributed by atoms with van der Waals surface area (Å²) in [4.78, 5) is 11.9. The minimum atomic E-state index is -0.247. The van der Waals surface area contributed by atoms with Crippen molar-refractivity contribution in [3.8, 4) is 0 Å².